The molecule has 0 radical (unpaired) electrons. The summed E-state index contributed by atoms with van der Waals surface area (Å²) in [6.45, 7) is -0.572. The number of amides is 1. The first-order valence-electron chi connectivity index (χ1n) is 9.87. The Morgan fingerprint density at radius 3 is 2.41 bits per heavy atom. The molecule has 0 aliphatic carbocycles. The second kappa shape index (κ2) is 10.0. The molecule has 9 nitrogen and oxygen atoms in total. The minimum atomic E-state index is -0.894. The van der Waals surface area contributed by atoms with E-state index in [2.05, 4.69) is 20.1 Å². The van der Waals surface area contributed by atoms with Crippen LogP contribution in [0.15, 0.2) is 66.0 Å². The lowest BCUT2D eigenvalue weighted by Crippen LogP contribution is -2.21. The smallest absolute Gasteiger partial charge is 0.378 e. The van der Waals surface area contributed by atoms with Crippen LogP contribution in [-0.2, 0) is 14.3 Å². The average molecular weight is 480 g/mol. The molecule has 172 valence electrons. The van der Waals surface area contributed by atoms with E-state index in [1.807, 2.05) is 17.5 Å². The number of halogens is 1. The summed E-state index contributed by atoms with van der Waals surface area (Å²) in [5.41, 5.74) is 1.24. The Labute approximate surface area is 196 Å². The Morgan fingerprint density at radius 1 is 1.03 bits per heavy atom. The number of thiophene rings is 1. The summed E-state index contributed by atoms with van der Waals surface area (Å²) >= 11 is 1.39. The van der Waals surface area contributed by atoms with Gasteiger partial charge in [-0.1, -0.05) is 6.07 Å². The van der Waals surface area contributed by atoms with Crippen LogP contribution in [0.4, 0.5) is 10.1 Å². The first-order chi connectivity index (χ1) is 16.4. The quantitative estimate of drug-likeness (QED) is 0.401. The minimum absolute atomic E-state index is 0.247. The van der Waals surface area contributed by atoms with Crippen LogP contribution in [-0.4, -0.2) is 46.3 Å². The number of rotatable bonds is 7. The molecule has 34 heavy (non-hydrogen) atoms. The molecule has 0 atom stereocenters. The molecule has 0 aliphatic rings. The second-order valence-corrected chi connectivity index (χ2v) is 7.77. The van der Waals surface area contributed by atoms with Crippen LogP contribution >= 0.6 is 11.3 Å². The Kier molecular flexibility index (Phi) is 6.74. The monoisotopic (exact) mass is 480 g/mol. The maximum atomic E-state index is 13.3. The Morgan fingerprint density at radius 2 is 1.76 bits per heavy atom. The van der Waals surface area contributed by atoms with Gasteiger partial charge in [-0.25, -0.2) is 18.7 Å². The van der Waals surface area contributed by atoms with E-state index in [9.17, 15) is 18.8 Å². The van der Waals surface area contributed by atoms with Gasteiger partial charge in [0, 0.05) is 5.69 Å². The molecule has 1 N–H and O–H groups in total. The van der Waals surface area contributed by atoms with Crippen molar-refractivity contribution in [2.24, 2.45) is 0 Å². The van der Waals surface area contributed by atoms with Crippen molar-refractivity contribution < 1.29 is 28.2 Å². The Bertz CT molecular complexity index is 1320. The van der Waals surface area contributed by atoms with Crippen LogP contribution in [0.1, 0.15) is 21.0 Å². The maximum Gasteiger partial charge on any atom is 0.378 e. The summed E-state index contributed by atoms with van der Waals surface area (Å²) in [5, 5.41) is 8.60. The number of anilines is 1. The lowest BCUT2D eigenvalue weighted by atomic mass is 10.2. The van der Waals surface area contributed by atoms with Crippen LogP contribution in [0.25, 0.3) is 16.4 Å². The van der Waals surface area contributed by atoms with Crippen LogP contribution in [0.5, 0.6) is 0 Å². The van der Waals surface area contributed by atoms with Gasteiger partial charge in [0.2, 0.25) is 0 Å². The number of carbonyl (C=O) groups is 3. The third-order valence-electron chi connectivity index (χ3n) is 4.53. The van der Waals surface area contributed by atoms with Gasteiger partial charge >= 0.3 is 11.9 Å². The van der Waals surface area contributed by atoms with Gasteiger partial charge in [-0.2, -0.15) is 4.98 Å². The highest BCUT2D eigenvalue weighted by Gasteiger charge is 2.21. The normalized spacial score (nSPS) is 10.5. The largest absolute Gasteiger partial charge is 0.465 e. The SMILES string of the molecule is COC(=O)c1ccc(NC(=O)COC(=O)c2nc(-c3cccs3)n(-c3ccc(F)cc3)n2)cc1. The molecule has 0 fully saturated rings. The maximum absolute atomic E-state index is 13.3. The molecular formula is C23H17FN4O5S. The predicted molar refractivity (Wildman–Crippen MR) is 121 cm³/mol. The summed E-state index contributed by atoms with van der Waals surface area (Å²) in [5.74, 6) is -2.26. The van der Waals surface area contributed by atoms with Gasteiger partial charge in [0.05, 0.1) is 23.2 Å². The number of aromatic nitrogens is 3. The van der Waals surface area contributed by atoms with Crippen LogP contribution < -0.4 is 5.32 Å². The second-order valence-electron chi connectivity index (χ2n) is 6.82. The fraction of sp³-hybridized carbons (Fsp3) is 0.0870. The van der Waals surface area contributed by atoms with E-state index in [1.165, 1.54) is 71.7 Å². The molecule has 0 saturated carbocycles. The number of methoxy groups -OCH3 is 1. The number of esters is 2. The number of nitrogens with one attached hydrogen (secondary N) is 1. The third-order valence-corrected chi connectivity index (χ3v) is 5.39. The van der Waals surface area contributed by atoms with E-state index in [4.69, 9.17) is 4.74 Å². The van der Waals surface area contributed by atoms with Crippen LogP contribution in [0.2, 0.25) is 0 Å². The zero-order valence-corrected chi connectivity index (χ0v) is 18.5. The van der Waals surface area contributed by atoms with Crippen molar-refractivity contribution >= 4 is 34.9 Å². The van der Waals surface area contributed by atoms with Gasteiger partial charge < -0.3 is 14.8 Å². The number of hydrogen-bond acceptors (Lipinski definition) is 8. The Balaban J connectivity index is 1.44. The van der Waals surface area contributed by atoms with Crippen molar-refractivity contribution in [3.63, 3.8) is 0 Å². The van der Waals surface area contributed by atoms with E-state index in [0.717, 1.165) is 4.88 Å². The molecule has 0 unspecified atom stereocenters. The highest BCUT2D eigenvalue weighted by molar-refractivity contribution is 7.13. The molecule has 4 aromatic rings. The van der Waals surface area contributed by atoms with Gasteiger partial charge in [0.25, 0.3) is 11.7 Å². The third kappa shape index (κ3) is 5.15. The summed E-state index contributed by atoms with van der Waals surface area (Å²) in [7, 11) is 1.27. The van der Waals surface area contributed by atoms with Crippen molar-refractivity contribution in [1.82, 2.24) is 14.8 Å². The minimum Gasteiger partial charge on any atom is -0.465 e. The number of ether oxygens (including phenoxy) is 2. The zero-order chi connectivity index (χ0) is 24.1. The number of carbonyl (C=O) groups excluding carboxylic acids is 3. The molecule has 0 aliphatic heterocycles. The summed E-state index contributed by atoms with van der Waals surface area (Å²) in [6.07, 6.45) is 0. The van der Waals surface area contributed by atoms with E-state index < -0.39 is 30.3 Å². The lowest BCUT2D eigenvalue weighted by Gasteiger charge is -2.06. The van der Waals surface area contributed by atoms with Crippen LogP contribution in [0, 0.1) is 5.82 Å². The first-order valence-corrected chi connectivity index (χ1v) is 10.7. The van der Waals surface area contributed by atoms with Gasteiger partial charge in [0.15, 0.2) is 12.4 Å². The van der Waals surface area contributed by atoms with E-state index in [0.29, 0.717) is 22.8 Å². The predicted octanol–water partition coefficient (Wildman–Crippen LogP) is 3.72. The highest BCUT2D eigenvalue weighted by Crippen LogP contribution is 2.26. The first kappa shape index (κ1) is 22.8. The molecular weight excluding hydrogens is 463 g/mol. The molecule has 11 heteroatoms. The van der Waals surface area contributed by atoms with Crippen molar-refractivity contribution in [1.29, 1.82) is 0 Å². The van der Waals surface area contributed by atoms with E-state index in [-0.39, 0.29) is 5.82 Å². The molecule has 4 rings (SSSR count). The summed E-state index contributed by atoms with van der Waals surface area (Å²) < 4.78 is 24.4. The number of benzene rings is 2. The summed E-state index contributed by atoms with van der Waals surface area (Å²) in [4.78, 5) is 41.2. The summed E-state index contributed by atoms with van der Waals surface area (Å²) in [6, 6.07) is 15.2. The van der Waals surface area contributed by atoms with Crippen LogP contribution in [0.3, 0.4) is 0 Å². The van der Waals surface area contributed by atoms with Crippen molar-refractivity contribution in [3.05, 3.63) is 83.2 Å². The van der Waals surface area contributed by atoms with Gasteiger partial charge in [-0.05, 0) is 60.0 Å². The van der Waals surface area contributed by atoms with Crippen molar-refractivity contribution in [2.75, 3.05) is 19.0 Å². The van der Waals surface area contributed by atoms with Gasteiger partial charge in [-0.3, -0.25) is 4.79 Å². The number of nitrogens with zero attached hydrogens (tertiary/aromatic N) is 3. The standard InChI is InChI=1S/C23H17FN4O5S/c1-32-22(30)14-4-8-16(9-5-14)25-19(29)13-33-23(31)20-26-21(18-3-2-12-34-18)28(27-20)17-10-6-15(24)7-11-17/h2-12H,13H2,1H3,(H,25,29). The van der Waals surface area contributed by atoms with Gasteiger partial charge in [-0.15, -0.1) is 16.4 Å². The fourth-order valence-electron chi connectivity index (χ4n) is 2.93. The topological polar surface area (TPSA) is 112 Å². The Hall–Kier alpha value is -4.38. The lowest BCUT2D eigenvalue weighted by molar-refractivity contribution is -0.119. The molecule has 2 heterocycles. The zero-order valence-electron chi connectivity index (χ0n) is 17.7. The highest BCUT2D eigenvalue weighted by atomic mass is 32.1. The fourth-order valence-corrected chi connectivity index (χ4v) is 3.62. The molecule has 0 bridgehead atoms. The van der Waals surface area contributed by atoms with E-state index >= 15 is 0 Å². The molecule has 0 saturated heterocycles. The molecule has 0 spiro atoms. The van der Waals surface area contributed by atoms with Gasteiger partial charge in [0.1, 0.15) is 5.82 Å². The number of hydrogen-bond donors (Lipinski definition) is 1. The molecule has 2 aromatic carbocycles. The molecule has 2 aromatic heterocycles. The average Bonchev–Trinajstić information content (AvgIpc) is 3.53. The molecule has 1 amide bonds. The van der Waals surface area contributed by atoms with Crippen molar-refractivity contribution in [3.8, 4) is 16.4 Å². The van der Waals surface area contributed by atoms with Crippen molar-refractivity contribution in [2.45, 2.75) is 0 Å². The van der Waals surface area contributed by atoms with E-state index in [1.54, 1.807) is 0 Å².